The predicted molar refractivity (Wildman–Crippen MR) is 89.7 cm³/mol. The Labute approximate surface area is 141 Å². The van der Waals surface area contributed by atoms with E-state index in [9.17, 15) is 9.59 Å². The van der Waals surface area contributed by atoms with Gasteiger partial charge in [-0.15, -0.1) is 11.6 Å². The largest absolute Gasteiger partial charge is 0.352 e. The second-order valence-corrected chi connectivity index (χ2v) is 6.37. The van der Waals surface area contributed by atoms with Gasteiger partial charge in [-0.05, 0) is 24.0 Å². The first-order valence-corrected chi connectivity index (χ1v) is 8.67. The van der Waals surface area contributed by atoms with Crippen molar-refractivity contribution in [3.05, 3.63) is 34.9 Å². The quantitative estimate of drug-likeness (QED) is 0.846. The standard InChI is InChI=1S/C17H22ClN3O2/c18-11-15(22)21-9-7-20(8-10-21)12-14-4-1-3-13-5-2-6-19-17(23)16(13)14/h1,3-4H,2,5-12H2,(H,19,23). The normalized spacial score (nSPS) is 19.0. The molecule has 5 nitrogen and oxygen atoms in total. The van der Waals surface area contributed by atoms with Crippen LogP contribution in [0.1, 0.15) is 27.9 Å². The lowest BCUT2D eigenvalue weighted by Crippen LogP contribution is -2.48. The third-order valence-corrected chi connectivity index (χ3v) is 4.83. The Morgan fingerprint density at radius 1 is 1.22 bits per heavy atom. The lowest BCUT2D eigenvalue weighted by atomic mass is 9.97. The van der Waals surface area contributed by atoms with Crippen LogP contribution < -0.4 is 5.32 Å². The van der Waals surface area contributed by atoms with Crippen LogP contribution in [0.15, 0.2) is 18.2 Å². The molecule has 1 saturated heterocycles. The first-order chi connectivity index (χ1) is 11.2. The molecule has 0 spiro atoms. The number of carbonyl (C=O) groups excluding carboxylic acids is 2. The van der Waals surface area contributed by atoms with Crippen molar-refractivity contribution >= 4 is 23.4 Å². The Morgan fingerprint density at radius 3 is 2.74 bits per heavy atom. The summed E-state index contributed by atoms with van der Waals surface area (Å²) in [5, 5.41) is 2.98. The first kappa shape index (κ1) is 16.3. The van der Waals surface area contributed by atoms with Gasteiger partial charge in [-0.3, -0.25) is 14.5 Å². The number of hydrogen-bond donors (Lipinski definition) is 1. The van der Waals surface area contributed by atoms with Crippen LogP contribution in [0.3, 0.4) is 0 Å². The van der Waals surface area contributed by atoms with Crippen LogP contribution in [0.4, 0.5) is 0 Å². The summed E-state index contributed by atoms with van der Waals surface area (Å²) in [6.45, 7) is 4.52. The van der Waals surface area contributed by atoms with Gasteiger partial charge >= 0.3 is 0 Å². The summed E-state index contributed by atoms with van der Waals surface area (Å²) in [6, 6.07) is 6.14. The average Bonchev–Trinajstić information content (AvgIpc) is 2.77. The molecule has 2 amide bonds. The van der Waals surface area contributed by atoms with E-state index in [-0.39, 0.29) is 17.7 Å². The molecule has 1 aromatic rings. The first-order valence-electron chi connectivity index (χ1n) is 8.14. The molecule has 23 heavy (non-hydrogen) atoms. The minimum absolute atomic E-state index is 0.000674. The molecule has 1 fully saturated rings. The van der Waals surface area contributed by atoms with E-state index in [1.807, 2.05) is 17.0 Å². The van der Waals surface area contributed by atoms with E-state index in [2.05, 4.69) is 16.3 Å². The minimum Gasteiger partial charge on any atom is -0.352 e. The van der Waals surface area contributed by atoms with Crippen LogP contribution in [-0.4, -0.2) is 60.2 Å². The molecule has 3 rings (SSSR count). The molecule has 2 heterocycles. The van der Waals surface area contributed by atoms with Gasteiger partial charge in [-0.2, -0.15) is 0 Å². The highest BCUT2D eigenvalue weighted by atomic mass is 35.5. The highest BCUT2D eigenvalue weighted by Gasteiger charge is 2.23. The highest BCUT2D eigenvalue weighted by Crippen LogP contribution is 2.21. The number of hydrogen-bond acceptors (Lipinski definition) is 3. The van der Waals surface area contributed by atoms with E-state index in [4.69, 9.17) is 11.6 Å². The van der Waals surface area contributed by atoms with E-state index in [0.29, 0.717) is 13.1 Å². The van der Waals surface area contributed by atoms with Crippen LogP contribution >= 0.6 is 11.6 Å². The molecular weight excluding hydrogens is 314 g/mol. The highest BCUT2D eigenvalue weighted by molar-refractivity contribution is 6.27. The predicted octanol–water partition coefficient (Wildman–Crippen LogP) is 1.25. The zero-order valence-corrected chi connectivity index (χ0v) is 13.9. The van der Waals surface area contributed by atoms with E-state index in [0.717, 1.165) is 55.7 Å². The van der Waals surface area contributed by atoms with Crippen molar-refractivity contribution in [2.75, 3.05) is 38.6 Å². The maximum absolute atomic E-state index is 12.4. The van der Waals surface area contributed by atoms with Crippen molar-refractivity contribution < 1.29 is 9.59 Å². The number of piperazine rings is 1. The van der Waals surface area contributed by atoms with Crippen molar-refractivity contribution in [3.63, 3.8) is 0 Å². The summed E-state index contributed by atoms with van der Waals surface area (Å²) < 4.78 is 0. The number of nitrogens with one attached hydrogen (secondary N) is 1. The van der Waals surface area contributed by atoms with Gasteiger partial charge in [0.2, 0.25) is 5.91 Å². The Bertz CT molecular complexity index is 598. The summed E-state index contributed by atoms with van der Waals surface area (Å²) in [5.41, 5.74) is 3.08. The van der Waals surface area contributed by atoms with Gasteiger partial charge in [0.05, 0.1) is 0 Å². The van der Waals surface area contributed by atoms with Gasteiger partial charge in [0.25, 0.3) is 5.91 Å². The fourth-order valence-electron chi connectivity index (χ4n) is 3.34. The molecular formula is C17H22ClN3O2. The number of fused-ring (bicyclic) bond motifs is 1. The summed E-state index contributed by atoms with van der Waals surface area (Å²) in [6.07, 6.45) is 1.93. The smallest absolute Gasteiger partial charge is 0.251 e. The third kappa shape index (κ3) is 3.67. The number of halogens is 1. The summed E-state index contributed by atoms with van der Waals surface area (Å²) in [7, 11) is 0. The molecule has 6 heteroatoms. The number of aryl methyl sites for hydroxylation is 1. The number of rotatable bonds is 3. The van der Waals surface area contributed by atoms with Crippen molar-refractivity contribution in [2.24, 2.45) is 0 Å². The molecule has 2 aliphatic heterocycles. The molecule has 0 saturated carbocycles. The number of carbonyl (C=O) groups is 2. The van der Waals surface area contributed by atoms with E-state index in [1.54, 1.807) is 0 Å². The van der Waals surface area contributed by atoms with Crippen molar-refractivity contribution in [1.29, 1.82) is 0 Å². The van der Waals surface area contributed by atoms with Gasteiger partial charge in [0.1, 0.15) is 5.88 Å². The van der Waals surface area contributed by atoms with Crippen LogP contribution in [0.5, 0.6) is 0 Å². The molecule has 0 bridgehead atoms. The second-order valence-electron chi connectivity index (χ2n) is 6.10. The van der Waals surface area contributed by atoms with Gasteiger partial charge in [0.15, 0.2) is 0 Å². The second kappa shape index (κ2) is 7.32. The lowest BCUT2D eigenvalue weighted by Gasteiger charge is -2.34. The Morgan fingerprint density at radius 2 is 2.00 bits per heavy atom. The average molecular weight is 336 g/mol. The number of alkyl halides is 1. The van der Waals surface area contributed by atoms with Crippen molar-refractivity contribution in [1.82, 2.24) is 15.1 Å². The monoisotopic (exact) mass is 335 g/mol. The van der Waals surface area contributed by atoms with Gasteiger partial charge in [0, 0.05) is 44.8 Å². The van der Waals surface area contributed by atoms with E-state index < -0.39 is 0 Å². The number of nitrogens with zero attached hydrogens (tertiary/aromatic N) is 2. The zero-order valence-electron chi connectivity index (χ0n) is 13.2. The molecule has 124 valence electrons. The molecule has 1 N–H and O–H groups in total. The van der Waals surface area contributed by atoms with Crippen molar-refractivity contribution in [3.8, 4) is 0 Å². The van der Waals surface area contributed by atoms with Crippen LogP contribution in [0.25, 0.3) is 0 Å². The molecule has 0 atom stereocenters. The van der Waals surface area contributed by atoms with Crippen LogP contribution in [0.2, 0.25) is 0 Å². The maximum Gasteiger partial charge on any atom is 0.251 e. The maximum atomic E-state index is 12.4. The molecule has 0 aromatic heterocycles. The molecule has 0 radical (unpaired) electrons. The minimum atomic E-state index is -0.000674. The number of benzene rings is 1. The zero-order chi connectivity index (χ0) is 16.2. The van der Waals surface area contributed by atoms with E-state index in [1.165, 1.54) is 0 Å². The number of amides is 2. The Balaban J connectivity index is 1.70. The van der Waals surface area contributed by atoms with Gasteiger partial charge in [-0.1, -0.05) is 18.2 Å². The Hall–Kier alpha value is -1.59. The summed E-state index contributed by atoms with van der Waals surface area (Å²) >= 11 is 5.61. The van der Waals surface area contributed by atoms with Crippen LogP contribution in [0, 0.1) is 0 Å². The summed E-state index contributed by atoms with van der Waals surface area (Å²) in [5.74, 6) is 0.0927. The SMILES string of the molecule is O=C1NCCCc2cccc(CN3CCN(C(=O)CCl)CC3)c21. The fraction of sp³-hybridized carbons (Fsp3) is 0.529. The molecule has 0 aliphatic carbocycles. The Kier molecular flexibility index (Phi) is 5.18. The van der Waals surface area contributed by atoms with Crippen LogP contribution in [-0.2, 0) is 17.8 Å². The molecule has 0 unspecified atom stereocenters. The van der Waals surface area contributed by atoms with E-state index >= 15 is 0 Å². The summed E-state index contributed by atoms with van der Waals surface area (Å²) in [4.78, 5) is 28.1. The van der Waals surface area contributed by atoms with Gasteiger partial charge in [-0.25, -0.2) is 0 Å². The molecule has 1 aromatic carbocycles. The van der Waals surface area contributed by atoms with Crippen molar-refractivity contribution in [2.45, 2.75) is 19.4 Å². The fourth-order valence-corrected chi connectivity index (χ4v) is 3.50. The third-order valence-electron chi connectivity index (χ3n) is 4.61. The topological polar surface area (TPSA) is 52.7 Å². The lowest BCUT2D eigenvalue weighted by molar-refractivity contribution is -0.130. The van der Waals surface area contributed by atoms with Gasteiger partial charge < -0.3 is 10.2 Å². The molecule has 2 aliphatic rings.